The maximum Gasteiger partial charge on any atom is 0.411 e. The number of benzene rings is 2. The summed E-state index contributed by atoms with van der Waals surface area (Å²) in [6.07, 6.45) is 1.51. The molecule has 0 saturated heterocycles. The second-order valence-electron chi connectivity index (χ2n) is 11.4. The molecule has 9 nitrogen and oxygen atoms in total. The van der Waals surface area contributed by atoms with E-state index in [1.165, 1.54) is 30.2 Å². The molecule has 0 unspecified atom stereocenters. The molecule has 10 heteroatoms. The first-order valence-electron chi connectivity index (χ1n) is 13.8. The van der Waals surface area contributed by atoms with Crippen molar-refractivity contribution in [3.8, 4) is 17.0 Å². The van der Waals surface area contributed by atoms with Gasteiger partial charge < -0.3 is 19.4 Å². The Labute approximate surface area is 249 Å². The quantitative estimate of drug-likeness (QED) is 0.298. The summed E-state index contributed by atoms with van der Waals surface area (Å²) in [5.74, 6) is -0.996. The lowest BCUT2D eigenvalue weighted by Gasteiger charge is -2.30. The van der Waals surface area contributed by atoms with Crippen molar-refractivity contribution < 1.29 is 28.2 Å². The van der Waals surface area contributed by atoms with Crippen molar-refractivity contribution >= 4 is 23.6 Å². The molecular weight excluding hydrogens is 551 g/mol. The van der Waals surface area contributed by atoms with Crippen LogP contribution < -0.4 is 10.1 Å². The van der Waals surface area contributed by atoms with Gasteiger partial charge in [0.15, 0.2) is 17.3 Å². The molecule has 0 bridgehead atoms. The van der Waals surface area contributed by atoms with E-state index >= 15 is 0 Å². The monoisotopic (exact) mass is 584 g/mol. The second kappa shape index (κ2) is 11.7. The van der Waals surface area contributed by atoms with Gasteiger partial charge >= 0.3 is 6.09 Å². The molecule has 0 spiro atoms. The molecule has 1 aliphatic heterocycles. The Morgan fingerprint density at radius 3 is 2.49 bits per heavy atom. The summed E-state index contributed by atoms with van der Waals surface area (Å²) in [5, 5.41) is 2.77. The average Bonchev–Trinajstić information content (AvgIpc) is 3.24. The maximum atomic E-state index is 13.9. The fourth-order valence-corrected chi connectivity index (χ4v) is 5.23. The molecular formula is C33H33FN4O5. The third-order valence-electron chi connectivity index (χ3n) is 7.13. The van der Waals surface area contributed by atoms with E-state index in [1.54, 1.807) is 33.0 Å². The van der Waals surface area contributed by atoms with Crippen molar-refractivity contribution in [1.29, 1.82) is 0 Å². The molecule has 4 aromatic rings. The van der Waals surface area contributed by atoms with Gasteiger partial charge in [-0.1, -0.05) is 30.3 Å². The highest BCUT2D eigenvalue weighted by Gasteiger charge is 2.35. The number of methoxy groups -OCH3 is 1. The minimum Gasteiger partial charge on any atom is -0.494 e. The van der Waals surface area contributed by atoms with E-state index in [1.807, 2.05) is 48.0 Å². The number of Topliss-reactive ketones (excluding diaryl/α,β-unsaturated/α-hetero) is 1. The minimum absolute atomic E-state index is 0.0422. The fourth-order valence-electron chi connectivity index (χ4n) is 5.23. The van der Waals surface area contributed by atoms with Gasteiger partial charge in [0.2, 0.25) is 0 Å². The third-order valence-corrected chi connectivity index (χ3v) is 7.13. The van der Waals surface area contributed by atoms with E-state index in [9.17, 15) is 18.8 Å². The Kier molecular flexibility index (Phi) is 8.04. The molecule has 5 rings (SSSR count). The summed E-state index contributed by atoms with van der Waals surface area (Å²) in [5.41, 5.74) is 4.13. The zero-order valence-corrected chi connectivity index (χ0v) is 24.7. The smallest absolute Gasteiger partial charge is 0.411 e. The Morgan fingerprint density at radius 2 is 1.79 bits per heavy atom. The molecule has 0 radical (unpaired) electrons. The van der Waals surface area contributed by atoms with E-state index in [4.69, 9.17) is 9.47 Å². The number of halogens is 1. The van der Waals surface area contributed by atoms with Crippen LogP contribution in [0.1, 0.15) is 58.3 Å². The van der Waals surface area contributed by atoms with Crippen LogP contribution >= 0.6 is 0 Å². The fraction of sp³-hybridized carbons (Fsp3) is 0.273. The Bertz CT molecular complexity index is 1710. The average molecular weight is 585 g/mol. The zero-order chi connectivity index (χ0) is 30.9. The Morgan fingerprint density at radius 1 is 1.05 bits per heavy atom. The van der Waals surface area contributed by atoms with Crippen LogP contribution in [0.5, 0.6) is 5.75 Å². The lowest BCUT2D eigenvalue weighted by atomic mass is 9.93. The number of rotatable bonds is 6. The summed E-state index contributed by atoms with van der Waals surface area (Å²) in [7, 11) is 3.19. The van der Waals surface area contributed by atoms with Gasteiger partial charge in [-0.25, -0.2) is 14.2 Å². The van der Waals surface area contributed by atoms with Crippen molar-refractivity contribution in [2.75, 3.05) is 19.0 Å². The number of ketones is 1. The van der Waals surface area contributed by atoms with Crippen molar-refractivity contribution in [3.05, 3.63) is 101 Å². The molecule has 0 fully saturated rings. The normalized spacial score (nSPS) is 13.0. The summed E-state index contributed by atoms with van der Waals surface area (Å²) in [4.78, 5) is 45.3. The number of amides is 2. The first-order chi connectivity index (χ1) is 20.4. The number of hydrogen-bond acceptors (Lipinski definition) is 6. The molecule has 2 aromatic heterocycles. The van der Waals surface area contributed by atoms with Crippen molar-refractivity contribution in [2.24, 2.45) is 7.05 Å². The molecule has 3 heterocycles. The van der Waals surface area contributed by atoms with Gasteiger partial charge in [-0.15, -0.1) is 0 Å². The summed E-state index contributed by atoms with van der Waals surface area (Å²) < 4.78 is 26.4. The molecule has 1 aliphatic rings. The van der Waals surface area contributed by atoms with Crippen LogP contribution in [0.4, 0.5) is 15.0 Å². The molecule has 0 aliphatic carbocycles. The van der Waals surface area contributed by atoms with Gasteiger partial charge in [0.1, 0.15) is 11.4 Å². The van der Waals surface area contributed by atoms with Crippen molar-refractivity contribution in [2.45, 2.75) is 39.3 Å². The Hall–Kier alpha value is -4.99. The minimum atomic E-state index is -0.699. The van der Waals surface area contributed by atoms with E-state index in [-0.39, 0.29) is 36.0 Å². The predicted octanol–water partition coefficient (Wildman–Crippen LogP) is 6.01. The Balaban J connectivity index is 1.54. The van der Waals surface area contributed by atoms with Crippen LogP contribution in [0.25, 0.3) is 11.3 Å². The number of aromatic nitrogens is 2. The van der Waals surface area contributed by atoms with Gasteiger partial charge in [0.25, 0.3) is 5.91 Å². The number of carbonyl (C=O) groups excluding carboxylic acids is 3. The number of nitrogens with one attached hydrogen (secondary N) is 1. The summed E-state index contributed by atoms with van der Waals surface area (Å²) in [6, 6.07) is 17.2. The van der Waals surface area contributed by atoms with Crippen LogP contribution in [-0.2, 0) is 24.8 Å². The number of nitrogens with zero attached hydrogens (tertiary/aromatic N) is 3. The van der Waals surface area contributed by atoms with Crippen molar-refractivity contribution in [3.63, 3.8) is 0 Å². The number of anilines is 1. The van der Waals surface area contributed by atoms with Crippen LogP contribution in [0.15, 0.2) is 66.9 Å². The largest absolute Gasteiger partial charge is 0.494 e. The maximum absolute atomic E-state index is 13.9. The standard InChI is InChI=1S/C33H33FN4O5/c1-33(2,3)43-32(41)38-18-25-29(26(39)19-38)23(15-20-9-7-6-8-10-20)30(37(25)4)21-13-14-35-28(17-21)36-31(40)22-11-12-24(34)27(16-22)42-5/h6-14,16-17H,15,18-19H2,1-5H3,(H,35,36,40). The van der Waals surface area contributed by atoms with Crippen LogP contribution in [0, 0.1) is 5.82 Å². The molecule has 1 N–H and O–H groups in total. The lowest BCUT2D eigenvalue weighted by Crippen LogP contribution is -2.42. The molecule has 2 aromatic carbocycles. The van der Waals surface area contributed by atoms with Crippen LogP contribution in [0.2, 0.25) is 0 Å². The second-order valence-corrected chi connectivity index (χ2v) is 11.4. The van der Waals surface area contributed by atoms with E-state index in [0.29, 0.717) is 17.7 Å². The molecule has 43 heavy (non-hydrogen) atoms. The molecule has 2 amide bonds. The molecule has 0 atom stereocenters. The lowest BCUT2D eigenvalue weighted by molar-refractivity contribution is 0.0216. The number of fused-ring (bicyclic) bond motifs is 1. The first kappa shape index (κ1) is 29.5. The highest BCUT2D eigenvalue weighted by Crippen LogP contribution is 2.37. The van der Waals surface area contributed by atoms with Crippen LogP contribution in [0.3, 0.4) is 0 Å². The van der Waals surface area contributed by atoms with Gasteiger partial charge in [-0.05, 0) is 62.2 Å². The topological polar surface area (TPSA) is 103 Å². The van der Waals surface area contributed by atoms with Gasteiger partial charge in [0.05, 0.1) is 25.9 Å². The summed E-state index contributed by atoms with van der Waals surface area (Å²) in [6.45, 7) is 5.47. The van der Waals surface area contributed by atoms with Gasteiger partial charge in [-0.2, -0.15) is 0 Å². The zero-order valence-electron chi connectivity index (χ0n) is 24.7. The predicted molar refractivity (Wildman–Crippen MR) is 160 cm³/mol. The molecule has 0 saturated carbocycles. The number of carbonyl (C=O) groups is 3. The number of ether oxygens (including phenoxy) is 2. The highest BCUT2D eigenvalue weighted by molar-refractivity contribution is 6.05. The molecule has 222 valence electrons. The third kappa shape index (κ3) is 6.28. The van der Waals surface area contributed by atoms with Gasteiger partial charge in [-0.3, -0.25) is 14.5 Å². The highest BCUT2D eigenvalue weighted by atomic mass is 19.1. The number of hydrogen-bond donors (Lipinski definition) is 1. The van der Waals surface area contributed by atoms with Crippen molar-refractivity contribution in [1.82, 2.24) is 14.5 Å². The SMILES string of the molecule is COc1cc(C(=O)Nc2cc(-c3c(Cc4ccccc4)c4c(n3C)CN(C(=O)OC(C)(C)C)CC4=O)ccn2)ccc1F. The first-order valence-corrected chi connectivity index (χ1v) is 13.8. The van der Waals surface area contributed by atoms with E-state index in [0.717, 1.165) is 22.4 Å². The summed E-state index contributed by atoms with van der Waals surface area (Å²) >= 11 is 0. The van der Waals surface area contributed by atoms with Crippen LogP contribution in [-0.4, -0.2) is 51.5 Å². The van der Waals surface area contributed by atoms with E-state index < -0.39 is 23.4 Å². The number of pyridine rings is 1. The van der Waals surface area contributed by atoms with E-state index in [2.05, 4.69) is 10.3 Å². The van der Waals surface area contributed by atoms with Gasteiger partial charge in [0, 0.05) is 42.0 Å².